The quantitative estimate of drug-likeness (QED) is 0.912. The molecule has 0 fully saturated rings. The highest BCUT2D eigenvalue weighted by Crippen LogP contribution is 2.18. The molecule has 0 aliphatic rings. The van der Waals surface area contributed by atoms with Gasteiger partial charge in [-0.15, -0.1) is 0 Å². The summed E-state index contributed by atoms with van der Waals surface area (Å²) in [5.74, 6) is -0.539. The molecule has 0 saturated heterocycles. The van der Waals surface area contributed by atoms with Crippen LogP contribution in [-0.2, 0) is 7.05 Å². The summed E-state index contributed by atoms with van der Waals surface area (Å²) >= 11 is 0. The molecule has 1 aromatic carbocycles. The number of carbonyl (C=O) groups is 1. The standard InChI is InChI=1S/C19H23FN2O2/c1-5-16(13-6-8-14(20)9-7-13)21-18(23)15-10-11-17(12(2)3)22(4)19(15)24/h6-12,16H,5H2,1-4H3,(H,21,23)/t16-/m1/s1. The van der Waals surface area contributed by atoms with E-state index in [-0.39, 0.29) is 28.9 Å². The zero-order valence-electron chi connectivity index (χ0n) is 14.5. The normalized spacial score (nSPS) is 12.2. The first-order valence-electron chi connectivity index (χ1n) is 8.11. The fraction of sp³-hybridized carbons (Fsp3) is 0.368. The molecular formula is C19H23FN2O2. The van der Waals surface area contributed by atoms with Crippen molar-refractivity contribution in [2.75, 3.05) is 0 Å². The number of pyridine rings is 1. The van der Waals surface area contributed by atoms with Crippen LogP contribution in [0.25, 0.3) is 0 Å². The Balaban J connectivity index is 2.27. The molecule has 128 valence electrons. The van der Waals surface area contributed by atoms with Gasteiger partial charge in [-0.25, -0.2) is 4.39 Å². The molecule has 0 bridgehead atoms. The molecule has 1 aromatic heterocycles. The summed E-state index contributed by atoms with van der Waals surface area (Å²) in [6, 6.07) is 9.12. The zero-order valence-corrected chi connectivity index (χ0v) is 14.5. The number of benzene rings is 1. The van der Waals surface area contributed by atoms with Crippen molar-refractivity contribution >= 4 is 5.91 Å². The summed E-state index contributed by atoms with van der Waals surface area (Å²) in [6.07, 6.45) is 0.641. The van der Waals surface area contributed by atoms with Crippen molar-refractivity contribution in [1.29, 1.82) is 0 Å². The van der Waals surface area contributed by atoms with Crippen LogP contribution in [-0.4, -0.2) is 10.5 Å². The Hall–Kier alpha value is -2.43. The zero-order chi connectivity index (χ0) is 17.9. The van der Waals surface area contributed by atoms with E-state index in [0.29, 0.717) is 6.42 Å². The molecule has 5 heteroatoms. The van der Waals surface area contributed by atoms with Gasteiger partial charge in [-0.2, -0.15) is 0 Å². The molecule has 4 nitrogen and oxygen atoms in total. The van der Waals surface area contributed by atoms with Crippen LogP contribution in [0, 0.1) is 5.82 Å². The summed E-state index contributed by atoms with van der Waals surface area (Å²) in [5.41, 5.74) is 1.49. The average Bonchev–Trinajstić information content (AvgIpc) is 2.55. The minimum absolute atomic E-state index is 0.113. The van der Waals surface area contributed by atoms with Gasteiger partial charge in [0.2, 0.25) is 0 Å². The first-order valence-corrected chi connectivity index (χ1v) is 8.11. The number of aromatic nitrogens is 1. The molecule has 2 aromatic rings. The summed E-state index contributed by atoms with van der Waals surface area (Å²) < 4.78 is 14.6. The van der Waals surface area contributed by atoms with Gasteiger partial charge in [0.05, 0.1) is 6.04 Å². The molecule has 0 saturated carbocycles. The first kappa shape index (κ1) is 17.9. The summed E-state index contributed by atoms with van der Waals surface area (Å²) in [4.78, 5) is 24.9. The lowest BCUT2D eigenvalue weighted by Crippen LogP contribution is -2.35. The Morgan fingerprint density at radius 3 is 2.33 bits per heavy atom. The number of amides is 1. The maximum Gasteiger partial charge on any atom is 0.263 e. The third-order valence-electron chi connectivity index (χ3n) is 4.17. The van der Waals surface area contributed by atoms with Gasteiger partial charge in [-0.05, 0) is 42.2 Å². The van der Waals surface area contributed by atoms with Crippen LogP contribution in [0.15, 0.2) is 41.2 Å². The molecule has 1 N–H and O–H groups in total. The lowest BCUT2D eigenvalue weighted by Gasteiger charge is -2.18. The Labute approximate surface area is 141 Å². The number of halogens is 1. The van der Waals surface area contributed by atoms with E-state index in [0.717, 1.165) is 11.3 Å². The van der Waals surface area contributed by atoms with Gasteiger partial charge < -0.3 is 9.88 Å². The van der Waals surface area contributed by atoms with Crippen LogP contribution in [0.5, 0.6) is 0 Å². The van der Waals surface area contributed by atoms with E-state index in [4.69, 9.17) is 0 Å². The van der Waals surface area contributed by atoms with E-state index >= 15 is 0 Å². The van der Waals surface area contributed by atoms with Crippen molar-refractivity contribution in [2.24, 2.45) is 7.05 Å². The van der Waals surface area contributed by atoms with Crippen LogP contribution in [0.2, 0.25) is 0 Å². The van der Waals surface area contributed by atoms with Crippen molar-refractivity contribution in [3.63, 3.8) is 0 Å². The average molecular weight is 330 g/mol. The van der Waals surface area contributed by atoms with Crippen molar-refractivity contribution in [1.82, 2.24) is 9.88 Å². The van der Waals surface area contributed by atoms with Gasteiger partial charge in [0, 0.05) is 12.7 Å². The van der Waals surface area contributed by atoms with Crippen molar-refractivity contribution in [3.8, 4) is 0 Å². The summed E-state index contributed by atoms with van der Waals surface area (Å²) in [5, 5.41) is 2.86. The van der Waals surface area contributed by atoms with Crippen molar-refractivity contribution in [3.05, 3.63) is 69.4 Å². The highest BCUT2D eigenvalue weighted by atomic mass is 19.1. The predicted molar refractivity (Wildman–Crippen MR) is 92.7 cm³/mol. The maximum atomic E-state index is 13.1. The van der Waals surface area contributed by atoms with Gasteiger partial charge in [0.1, 0.15) is 11.4 Å². The van der Waals surface area contributed by atoms with Crippen molar-refractivity contribution < 1.29 is 9.18 Å². The van der Waals surface area contributed by atoms with E-state index in [1.54, 1.807) is 31.3 Å². The summed E-state index contributed by atoms with van der Waals surface area (Å²) in [7, 11) is 1.67. The number of carbonyl (C=O) groups excluding carboxylic acids is 1. The van der Waals surface area contributed by atoms with Gasteiger partial charge >= 0.3 is 0 Å². The van der Waals surface area contributed by atoms with Crippen LogP contribution in [0.1, 0.15) is 60.8 Å². The van der Waals surface area contributed by atoms with Gasteiger partial charge in [-0.3, -0.25) is 9.59 Å². The third-order valence-corrected chi connectivity index (χ3v) is 4.17. The molecule has 0 unspecified atom stereocenters. The van der Waals surface area contributed by atoms with Gasteiger partial charge in [0.25, 0.3) is 11.5 Å². The molecule has 0 radical (unpaired) electrons. The topological polar surface area (TPSA) is 51.1 Å². The Kier molecular flexibility index (Phi) is 5.54. The molecule has 0 spiro atoms. The summed E-state index contributed by atoms with van der Waals surface area (Å²) in [6.45, 7) is 5.92. The SMILES string of the molecule is CC[C@@H](NC(=O)c1ccc(C(C)C)n(C)c1=O)c1ccc(F)cc1. The molecule has 2 rings (SSSR count). The second kappa shape index (κ2) is 7.43. The van der Waals surface area contributed by atoms with Crippen LogP contribution < -0.4 is 10.9 Å². The number of hydrogen-bond acceptors (Lipinski definition) is 2. The van der Waals surface area contributed by atoms with E-state index in [1.807, 2.05) is 20.8 Å². The monoisotopic (exact) mass is 330 g/mol. The van der Waals surface area contributed by atoms with E-state index < -0.39 is 5.91 Å². The third kappa shape index (κ3) is 3.72. The number of nitrogens with one attached hydrogen (secondary N) is 1. The molecule has 0 aliphatic heterocycles. The minimum atomic E-state index is -0.415. The van der Waals surface area contributed by atoms with Crippen LogP contribution in [0.4, 0.5) is 4.39 Å². The highest BCUT2D eigenvalue weighted by molar-refractivity contribution is 5.94. The highest BCUT2D eigenvalue weighted by Gasteiger charge is 2.18. The number of hydrogen-bond donors (Lipinski definition) is 1. The predicted octanol–water partition coefficient (Wildman–Crippen LogP) is 3.53. The molecule has 0 aliphatic carbocycles. The Morgan fingerprint density at radius 1 is 1.17 bits per heavy atom. The second-order valence-electron chi connectivity index (χ2n) is 6.18. The van der Waals surface area contributed by atoms with E-state index in [1.165, 1.54) is 16.7 Å². The van der Waals surface area contributed by atoms with Gasteiger partial charge in [-0.1, -0.05) is 32.9 Å². The lowest BCUT2D eigenvalue weighted by atomic mass is 10.0. The molecule has 1 amide bonds. The number of nitrogens with zero attached hydrogens (tertiary/aromatic N) is 1. The fourth-order valence-electron chi connectivity index (χ4n) is 2.75. The van der Waals surface area contributed by atoms with Crippen molar-refractivity contribution in [2.45, 2.75) is 39.2 Å². The van der Waals surface area contributed by atoms with Crippen LogP contribution in [0.3, 0.4) is 0 Å². The van der Waals surface area contributed by atoms with Gasteiger partial charge in [0.15, 0.2) is 0 Å². The molecular weight excluding hydrogens is 307 g/mol. The first-order chi connectivity index (χ1) is 11.3. The number of rotatable bonds is 5. The minimum Gasteiger partial charge on any atom is -0.345 e. The smallest absolute Gasteiger partial charge is 0.263 e. The molecule has 1 heterocycles. The van der Waals surface area contributed by atoms with E-state index in [2.05, 4.69) is 5.32 Å². The lowest BCUT2D eigenvalue weighted by molar-refractivity contribution is 0.0933. The van der Waals surface area contributed by atoms with Crippen LogP contribution >= 0.6 is 0 Å². The Bertz CT molecular complexity index is 779. The largest absolute Gasteiger partial charge is 0.345 e. The van der Waals surface area contributed by atoms with E-state index in [9.17, 15) is 14.0 Å². The maximum absolute atomic E-state index is 13.1. The Morgan fingerprint density at radius 2 is 1.79 bits per heavy atom. The fourth-order valence-corrected chi connectivity index (χ4v) is 2.75. The molecule has 1 atom stereocenters. The second-order valence-corrected chi connectivity index (χ2v) is 6.18. The molecule has 24 heavy (non-hydrogen) atoms.